The largest absolute Gasteiger partial charge is 0.490 e. The van der Waals surface area contributed by atoms with Crippen LogP contribution in [0.15, 0.2) is 46.9 Å². The molecule has 0 aliphatic heterocycles. The molecule has 5 nitrogen and oxygen atoms in total. The lowest BCUT2D eigenvalue weighted by atomic mass is 9.88. The zero-order valence-corrected chi connectivity index (χ0v) is 21.5. The van der Waals surface area contributed by atoms with Crippen molar-refractivity contribution in [2.75, 3.05) is 19.8 Å². The summed E-state index contributed by atoms with van der Waals surface area (Å²) in [6.07, 6.45) is 3.70. The van der Waals surface area contributed by atoms with Crippen LogP contribution in [0, 0.1) is 5.92 Å². The number of aliphatic hydroxyl groups excluding tert-OH is 1. The van der Waals surface area contributed by atoms with Crippen LogP contribution in [0.25, 0.3) is 0 Å². The predicted octanol–water partition coefficient (Wildman–Crippen LogP) is 4.86. The van der Waals surface area contributed by atoms with Crippen LogP contribution < -0.4 is 10.1 Å². The number of ether oxygens (including phenoxy) is 2. The molecule has 1 aliphatic carbocycles. The van der Waals surface area contributed by atoms with Crippen LogP contribution in [0.4, 0.5) is 0 Å². The molecule has 0 saturated carbocycles. The Morgan fingerprint density at radius 1 is 1.21 bits per heavy atom. The number of β-amino-alcohol motifs (C(OH)–C–C–N with tert-alkyl or cyclic N) is 1. The topological polar surface area (TPSA) is 67.8 Å². The van der Waals surface area contributed by atoms with E-state index in [0.29, 0.717) is 37.7 Å². The highest BCUT2D eigenvalue weighted by atomic mass is 79.9. The van der Waals surface area contributed by atoms with Crippen LogP contribution in [-0.4, -0.2) is 42.5 Å². The fourth-order valence-corrected chi connectivity index (χ4v) is 5.06. The van der Waals surface area contributed by atoms with Crippen molar-refractivity contribution in [2.24, 2.45) is 5.92 Å². The highest BCUT2D eigenvalue weighted by molar-refractivity contribution is 9.10. The minimum absolute atomic E-state index is 0.0607. The third-order valence-corrected chi connectivity index (χ3v) is 6.72. The summed E-state index contributed by atoms with van der Waals surface area (Å²) in [6.45, 7) is 7.30. The van der Waals surface area contributed by atoms with Crippen LogP contribution in [0.5, 0.6) is 5.75 Å². The van der Waals surface area contributed by atoms with E-state index in [2.05, 4.69) is 59.4 Å². The van der Waals surface area contributed by atoms with E-state index in [1.165, 1.54) is 11.1 Å². The van der Waals surface area contributed by atoms with Crippen molar-refractivity contribution in [3.05, 3.63) is 63.6 Å². The second-order valence-corrected chi connectivity index (χ2v) is 10.4. The number of halogens is 1. The zero-order chi connectivity index (χ0) is 23.8. The van der Waals surface area contributed by atoms with Gasteiger partial charge < -0.3 is 19.9 Å². The van der Waals surface area contributed by atoms with Crippen LogP contribution in [-0.2, 0) is 28.8 Å². The first-order valence-electron chi connectivity index (χ1n) is 11.8. The van der Waals surface area contributed by atoms with E-state index in [1.54, 1.807) is 6.92 Å². The maximum absolute atomic E-state index is 11.5. The number of benzene rings is 2. The molecule has 2 N–H and O–H groups in total. The number of nitrogens with one attached hydrogen (secondary N) is 1. The number of aryl methyl sites for hydroxylation is 1. The first-order chi connectivity index (χ1) is 15.8. The molecule has 0 fully saturated rings. The van der Waals surface area contributed by atoms with Gasteiger partial charge >= 0.3 is 5.97 Å². The maximum Gasteiger partial charge on any atom is 0.306 e. The number of hydrogen-bond donors (Lipinski definition) is 2. The van der Waals surface area contributed by atoms with Gasteiger partial charge in [-0.15, -0.1) is 0 Å². The molecule has 6 heteroatoms. The number of carbonyl (C=O) groups is 1. The number of fused-ring (bicyclic) bond motifs is 1. The average Bonchev–Trinajstić information content (AvgIpc) is 3.17. The van der Waals surface area contributed by atoms with Gasteiger partial charge in [0.15, 0.2) is 0 Å². The molecule has 0 heterocycles. The van der Waals surface area contributed by atoms with Gasteiger partial charge in [-0.1, -0.05) is 30.3 Å². The summed E-state index contributed by atoms with van der Waals surface area (Å²) in [5, 5.41) is 14.0. The summed E-state index contributed by atoms with van der Waals surface area (Å²) in [4.78, 5) is 11.5. The highest BCUT2D eigenvalue weighted by Crippen LogP contribution is 2.32. The third kappa shape index (κ3) is 8.13. The van der Waals surface area contributed by atoms with Crippen molar-refractivity contribution in [3.8, 4) is 5.75 Å². The minimum Gasteiger partial charge on any atom is -0.490 e. The molecule has 0 amide bonds. The molecule has 1 atom stereocenters. The standard InChI is InChI=1S/C27H36BrNO4/c1-4-32-26(31)12-10-19-9-11-25(24(28)15-19)33-18-23(30)17-29-27(2,3)16-20-13-21-7-5-6-8-22(21)14-20/h5-9,11,15,20,23,29-30H,4,10,12-14,16-18H2,1-3H3/t23-/m0/s1. The third-order valence-electron chi connectivity index (χ3n) is 6.10. The SMILES string of the molecule is CCOC(=O)CCc1ccc(OC[C@@H](O)CNC(C)(C)CC2Cc3ccccc3C2)c(Br)c1. The zero-order valence-electron chi connectivity index (χ0n) is 19.9. The Labute approximate surface area is 206 Å². The van der Waals surface area contributed by atoms with Gasteiger partial charge in [-0.3, -0.25) is 4.79 Å². The molecule has 0 spiro atoms. The van der Waals surface area contributed by atoms with Gasteiger partial charge in [-0.05, 0) is 97.1 Å². The van der Waals surface area contributed by atoms with Crippen molar-refractivity contribution < 1.29 is 19.4 Å². The lowest BCUT2D eigenvalue weighted by Gasteiger charge is -2.30. The van der Waals surface area contributed by atoms with Gasteiger partial charge in [0.1, 0.15) is 18.5 Å². The van der Waals surface area contributed by atoms with Crippen LogP contribution in [0.1, 0.15) is 50.3 Å². The van der Waals surface area contributed by atoms with Gasteiger partial charge in [0.25, 0.3) is 0 Å². The van der Waals surface area contributed by atoms with Gasteiger partial charge in [0, 0.05) is 18.5 Å². The van der Waals surface area contributed by atoms with Crippen LogP contribution >= 0.6 is 15.9 Å². The summed E-state index contributed by atoms with van der Waals surface area (Å²) < 4.78 is 11.6. The second-order valence-electron chi connectivity index (χ2n) is 9.55. The van der Waals surface area contributed by atoms with E-state index in [1.807, 2.05) is 18.2 Å². The quantitative estimate of drug-likeness (QED) is 0.393. The molecule has 0 saturated heterocycles. The molecule has 0 unspecified atom stereocenters. The molecule has 1 aliphatic rings. The summed E-state index contributed by atoms with van der Waals surface area (Å²) in [5.41, 5.74) is 3.92. The number of hydrogen-bond acceptors (Lipinski definition) is 5. The predicted molar refractivity (Wildman–Crippen MR) is 135 cm³/mol. The summed E-state index contributed by atoms with van der Waals surface area (Å²) in [7, 11) is 0. The summed E-state index contributed by atoms with van der Waals surface area (Å²) >= 11 is 3.53. The molecule has 0 radical (unpaired) electrons. The molecule has 0 bridgehead atoms. The highest BCUT2D eigenvalue weighted by Gasteiger charge is 2.28. The fraction of sp³-hybridized carbons (Fsp3) is 0.519. The minimum atomic E-state index is -0.611. The van der Waals surface area contributed by atoms with Gasteiger partial charge in [0.2, 0.25) is 0 Å². The van der Waals surface area contributed by atoms with Crippen molar-refractivity contribution in [1.29, 1.82) is 0 Å². The molecular formula is C27H36BrNO4. The van der Waals surface area contributed by atoms with E-state index in [9.17, 15) is 9.90 Å². The number of carbonyl (C=O) groups excluding carboxylic acids is 1. The Kier molecular flexibility index (Phi) is 9.36. The number of rotatable bonds is 12. The van der Waals surface area contributed by atoms with Crippen molar-refractivity contribution in [3.63, 3.8) is 0 Å². The lowest BCUT2D eigenvalue weighted by molar-refractivity contribution is -0.143. The Morgan fingerprint density at radius 3 is 2.55 bits per heavy atom. The monoisotopic (exact) mass is 517 g/mol. The molecule has 33 heavy (non-hydrogen) atoms. The Morgan fingerprint density at radius 2 is 1.91 bits per heavy atom. The van der Waals surface area contributed by atoms with Gasteiger partial charge in [-0.2, -0.15) is 0 Å². The van der Waals surface area contributed by atoms with Crippen LogP contribution in [0.2, 0.25) is 0 Å². The summed E-state index contributed by atoms with van der Waals surface area (Å²) in [6, 6.07) is 14.5. The Bertz CT molecular complexity index is 905. The van der Waals surface area contributed by atoms with Crippen molar-refractivity contribution >= 4 is 21.9 Å². The van der Waals surface area contributed by atoms with Crippen LogP contribution in [0.3, 0.4) is 0 Å². The molecular weight excluding hydrogens is 482 g/mol. The Balaban J connectivity index is 1.40. The molecule has 0 aromatic heterocycles. The van der Waals surface area contributed by atoms with E-state index >= 15 is 0 Å². The first-order valence-corrected chi connectivity index (χ1v) is 12.6. The van der Waals surface area contributed by atoms with E-state index in [4.69, 9.17) is 9.47 Å². The van der Waals surface area contributed by atoms with Crippen molar-refractivity contribution in [1.82, 2.24) is 5.32 Å². The first kappa shape index (κ1) is 25.7. The van der Waals surface area contributed by atoms with E-state index in [0.717, 1.165) is 29.3 Å². The van der Waals surface area contributed by atoms with Gasteiger partial charge in [0.05, 0.1) is 11.1 Å². The van der Waals surface area contributed by atoms with Gasteiger partial charge in [-0.25, -0.2) is 0 Å². The molecule has 2 aromatic carbocycles. The number of esters is 1. The fourth-order valence-electron chi connectivity index (χ4n) is 4.52. The molecule has 180 valence electrons. The van der Waals surface area contributed by atoms with E-state index in [-0.39, 0.29) is 18.1 Å². The normalized spacial score (nSPS) is 14.7. The molecule has 3 rings (SSSR count). The van der Waals surface area contributed by atoms with E-state index < -0.39 is 6.10 Å². The average molecular weight is 518 g/mol. The smallest absolute Gasteiger partial charge is 0.306 e. The number of aliphatic hydroxyl groups is 1. The van der Waals surface area contributed by atoms with Crippen molar-refractivity contribution in [2.45, 2.75) is 64.5 Å². The second kappa shape index (κ2) is 12.0. The Hall–Kier alpha value is -1.89. The molecule has 2 aromatic rings. The lowest BCUT2D eigenvalue weighted by Crippen LogP contribution is -2.46. The maximum atomic E-state index is 11.5. The summed E-state index contributed by atoms with van der Waals surface area (Å²) in [5.74, 6) is 1.12.